The number of thioether (sulfide) groups is 1. The summed E-state index contributed by atoms with van der Waals surface area (Å²) in [4.78, 5) is 33.0. The maximum absolute atomic E-state index is 13.8. The van der Waals surface area contributed by atoms with E-state index in [0.717, 1.165) is 46.3 Å². The normalized spacial score (nSPS) is 13.6. The highest BCUT2D eigenvalue weighted by molar-refractivity contribution is 7.99. The Morgan fingerprint density at radius 2 is 2.03 bits per heavy atom. The Bertz CT molecular complexity index is 1180. The Morgan fingerprint density at radius 1 is 1.27 bits per heavy atom. The fourth-order valence-corrected chi connectivity index (χ4v) is 6.16. The van der Waals surface area contributed by atoms with Gasteiger partial charge in [0.05, 0.1) is 16.8 Å². The minimum atomic E-state index is -0.0537. The molecule has 0 atom stereocenters. The van der Waals surface area contributed by atoms with Gasteiger partial charge in [0.2, 0.25) is 5.91 Å². The molecule has 0 unspecified atom stereocenters. The van der Waals surface area contributed by atoms with Crippen molar-refractivity contribution >= 4 is 39.2 Å². The van der Waals surface area contributed by atoms with Crippen molar-refractivity contribution in [2.24, 2.45) is 0 Å². The van der Waals surface area contributed by atoms with Crippen molar-refractivity contribution in [3.05, 3.63) is 50.1 Å². The molecule has 0 bridgehead atoms. The molecule has 7 heteroatoms. The summed E-state index contributed by atoms with van der Waals surface area (Å²) in [7, 11) is 0. The Kier molecular flexibility index (Phi) is 6.02. The minimum Gasteiger partial charge on any atom is -0.353 e. The molecule has 0 saturated heterocycles. The van der Waals surface area contributed by atoms with Crippen molar-refractivity contribution in [3.8, 4) is 5.69 Å². The number of nitrogens with one attached hydrogen (secondary N) is 1. The first-order chi connectivity index (χ1) is 14.3. The third-order valence-corrected chi connectivity index (χ3v) is 7.46. The van der Waals surface area contributed by atoms with Crippen molar-refractivity contribution in [1.29, 1.82) is 0 Å². The summed E-state index contributed by atoms with van der Waals surface area (Å²) in [5.41, 5.74) is 4.18. The lowest BCUT2D eigenvalue weighted by Gasteiger charge is -2.16. The number of fused-ring (bicyclic) bond motifs is 3. The van der Waals surface area contributed by atoms with Gasteiger partial charge in [-0.25, -0.2) is 4.98 Å². The maximum atomic E-state index is 13.8. The van der Waals surface area contributed by atoms with Gasteiger partial charge in [-0.15, -0.1) is 11.3 Å². The second-order valence-corrected chi connectivity index (χ2v) is 10.3. The van der Waals surface area contributed by atoms with Crippen molar-refractivity contribution in [1.82, 2.24) is 14.9 Å². The summed E-state index contributed by atoms with van der Waals surface area (Å²) in [5, 5.41) is 4.26. The fraction of sp³-hybridized carbons (Fsp3) is 0.435. The van der Waals surface area contributed by atoms with Crippen LogP contribution in [0.4, 0.5) is 0 Å². The van der Waals surface area contributed by atoms with E-state index in [1.54, 1.807) is 15.9 Å². The Morgan fingerprint density at radius 3 is 2.77 bits per heavy atom. The first-order valence-corrected chi connectivity index (χ1v) is 12.2. The molecule has 1 aliphatic carbocycles. The second kappa shape index (κ2) is 8.55. The number of hydrogen-bond donors (Lipinski definition) is 1. The number of nitrogens with zero attached hydrogens (tertiary/aromatic N) is 2. The highest BCUT2D eigenvalue weighted by atomic mass is 32.2. The number of aryl methyl sites for hydroxylation is 4. The molecular weight excluding hydrogens is 414 g/mol. The summed E-state index contributed by atoms with van der Waals surface area (Å²) in [6, 6.07) is 6.16. The third kappa shape index (κ3) is 4.05. The predicted molar refractivity (Wildman–Crippen MR) is 125 cm³/mol. The van der Waals surface area contributed by atoms with Gasteiger partial charge in [-0.2, -0.15) is 0 Å². The van der Waals surface area contributed by atoms with Crippen LogP contribution in [0.2, 0.25) is 0 Å². The van der Waals surface area contributed by atoms with Gasteiger partial charge < -0.3 is 5.32 Å². The molecule has 158 valence electrons. The topological polar surface area (TPSA) is 64.0 Å². The first-order valence-electron chi connectivity index (χ1n) is 10.4. The number of amides is 1. The number of rotatable bonds is 5. The van der Waals surface area contributed by atoms with Crippen LogP contribution >= 0.6 is 23.1 Å². The third-order valence-electron chi connectivity index (χ3n) is 5.33. The zero-order valence-electron chi connectivity index (χ0n) is 17.9. The van der Waals surface area contributed by atoms with Gasteiger partial charge in [0.25, 0.3) is 5.56 Å². The van der Waals surface area contributed by atoms with Crippen LogP contribution in [0.25, 0.3) is 15.9 Å². The molecule has 2 heterocycles. The van der Waals surface area contributed by atoms with Crippen molar-refractivity contribution in [2.75, 3.05) is 5.75 Å². The van der Waals surface area contributed by atoms with Crippen molar-refractivity contribution in [3.63, 3.8) is 0 Å². The molecule has 1 N–H and O–H groups in total. The van der Waals surface area contributed by atoms with Crippen LogP contribution in [0.3, 0.4) is 0 Å². The molecule has 0 aliphatic heterocycles. The van der Waals surface area contributed by atoms with E-state index in [1.165, 1.54) is 28.6 Å². The van der Waals surface area contributed by atoms with Crippen molar-refractivity contribution < 1.29 is 4.79 Å². The molecule has 30 heavy (non-hydrogen) atoms. The zero-order valence-corrected chi connectivity index (χ0v) is 19.5. The van der Waals surface area contributed by atoms with Crippen molar-refractivity contribution in [2.45, 2.75) is 64.6 Å². The smallest absolute Gasteiger partial charge is 0.267 e. The van der Waals surface area contributed by atoms with Crippen LogP contribution in [-0.4, -0.2) is 27.3 Å². The quantitative estimate of drug-likeness (QED) is 0.466. The number of aromatic nitrogens is 2. The van der Waals surface area contributed by atoms with Gasteiger partial charge in [0, 0.05) is 10.9 Å². The van der Waals surface area contributed by atoms with Crippen LogP contribution < -0.4 is 10.9 Å². The van der Waals surface area contributed by atoms with E-state index < -0.39 is 0 Å². The van der Waals surface area contributed by atoms with Gasteiger partial charge in [0.1, 0.15) is 4.83 Å². The van der Waals surface area contributed by atoms with Crippen LogP contribution in [0.1, 0.15) is 48.3 Å². The molecule has 1 amide bonds. The van der Waals surface area contributed by atoms with E-state index in [9.17, 15) is 9.59 Å². The van der Waals surface area contributed by atoms with E-state index in [-0.39, 0.29) is 23.3 Å². The van der Waals surface area contributed by atoms with Gasteiger partial charge >= 0.3 is 0 Å². The highest BCUT2D eigenvalue weighted by Crippen LogP contribution is 2.35. The van der Waals surface area contributed by atoms with Crippen LogP contribution in [-0.2, 0) is 17.6 Å². The van der Waals surface area contributed by atoms with Gasteiger partial charge in [-0.05, 0) is 70.6 Å². The van der Waals surface area contributed by atoms with Gasteiger partial charge in [-0.3, -0.25) is 14.2 Å². The fourth-order valence-electron chi connectivity index (χ4n) is 4.05. The SMILES string of the molecule is Cc1ccc(-n2c(SCC(=O)NC(C)C)nc3sc4c(c3c2=O)CCCC4)c(C)c1. The lowest BCUT2D eigenvalue weighted by atomic mass is 9.97. The molecule has 4 rings (SSSR count). The molecule has 0 saturated carbocycles. The number of benzene rings is 1. The minimum absolute atomic E-state index is 0.0156. The average molecular weight is 442 g/mol. The molecular formula is C23H27N3O2S2. The molecule has 0 fully saturated rings. The van der Waals surface area contributed by atoms with Crippen LogP contribution in [0.5, 0.6) is 0 Å². The molecule has 1 aromatic carbocycles. The summed E-state index contributed by atoms with van der Waals surface area (Å²) < 4.78 is 1.71. The number of carbonyl (C=O) groups is 1. The molecule has 1 aliphatic rings. The van der Waals surface area contributed by atoms with E-state index in [4.69, 9.17) is 4.98 Å². The molecule has 3 aromatic rings. The predicted octanol–water partition coefficient (Wildman–Crippen LogP) is 4.56. The van der Waals surface area contributed by atoms with E-state index in [1.807, 2.05) is 39.8 Å². The summed E-state index contributed by atoms with van der Waals surface area (Å²) in [6.07, 6.45) is 4.26. The lowest BCUT2D eigenvalue weighted by molar-refractivity contribution is -0.119. The zero-order chi connectivity index (χ0) is 21.4. The van der Waals surface area contributed by atoms with Gasteiger partial charge in [0.15, 0.2) is 5.16 Å². The number of thiophene rings is 1. The summed E-state index contributed by atoms with van der Waals surface area (Å²) in [5.74, 6) is 0.175. The number of hydrogen-bond acceptors (Lipinski definition) is 5. The first kappa shape index (κ1) is 21.1. The number of carbonyl (C=O) groups excluding carboxylic acids is 1. The second-order valence-electron chi connectivity index (χ2n) is 8.23. The average Bonchev–Trinajstić information content (AvgIpc) is 3.05. The van der Waals surface area contributed by atoms with Crippen LogP contribution in [0.15, 0.2) is 28.2 Å². The molecule has 2 aromatic heterocycles. The summed E-state index contributed by atoms with van der Waals surface area (Å²) >= 11 is 2.97. The summed E-state index contributed by atoms with van der Waals surface area (Å²) in [6.45, 7) is 7.94. The Hall–Kier alpha value is -2.12. The van der Waals surface area contributed by atoms with Gasteiger partial charge in [-0.1, -0.05) is 29.5 Å². The lowest BCUT2D eigenvalue weighted by Crippen LogP contribution is -2.32. The Balaban J connectivity index is 1.87. The highest BCUT2D eigenvalue weighted by Gasteiger charge is 2.23. The largest absolute Gasteiger partial charge is 0.353 e. The van der Waals surface area contributed by atoms with E-state index >= 15 is 0 Å². The Labute approximate surface area is 184 Å². The maximum Gasteiger partial charge on any atom is 0.267 e. The molecule has 5 nitrogen and oxygen atoms in total. The standard InChI is InChI=1S/C23H27N3O2S2/c1-13(2)24-19(27)12-29-23-25-21-20(16-7-5-6-8-18(16)30-21)22(28)26(23)17-10-9-14(3)11-15(17)4/h9-11,13H,5-8,12H2,1-4H3,(H,24,27). The van der Waals surface area contributed by atoms with Crippen LogP contribution in [0, 0.1) is 13.8 Å². The molecule has 0 spiro atoms. The van der Waals surface area contributed by atoms with E-state index in [0.29, 0.717) is 5.16 Å². The van der Waals surface area contributed by atoms with E-state index in [2.05, 4.69) is 11.4 Å². The molecule has 0 radical (unpaired) electrons. The monoisotopic (exact) mass is 441 g/mol.